The molecule has 0 aliphatic heterocycles. The minimum absolute atomic E-state index is 0.146. The van der Waals surface area contributed by atoms with Crippen molar-refractivity contribution in [3.63, 3.8) is 0 Å². The van der Waals surface area contributed by atoms with Crippen LogP contribution in [0.1, 0.15) is 47.3 Å². The summed E-state index contributed by atoms with van der Waals surface area (Å²) >= 11 is 0. The fraction of sp³-hybridized carbons (Fsp3) is 0.474. The van der Waals surface area contributed by atoms with Gasteiger partial charge in [0, 0.05) is 12.1 Å². The molecule has 2 amide bonds. The van der Waals surface area contributed by atoms with E-state index in [0.717, 1.165) is 5.69 Å². The van der Waals surface area contributed by atoms with Gasteiger partial charge in [-0.1, -0.05) is 18.1 Å². The zero-order chi connectivity index (χ0) is 19.4. The largest absolute Gasteiger partial charge is 0.391 e. The third-order valence-electron chi connectivity index (χ3n) is 4.88. The second-order valence-electron chi connectivity index (χ2n) is 6.77. The molecular weight excluding hydrogens is 348 g/mol. The molecular formula is C19H24N4O4. The molecule has 1 fully saturated rings. The molecule has 2 aromatic heterocycles. The standard InChI is InChI=1S/C19H24N4O4/c1-3-14-17(11(2)27-23-14)19(26)22-15-8-12(9-16(15)24)18(25)21-10-13-6-4-5-7-20-13/h4-7,12,15-16,24H,3,8-10H2,1-2H3,(H,21,25)(H,22,26)/t12-,15+,16+/m0/s1. The maximum absolute atomic E-state index is 12.6. The van der Waals surface area contributed by atoms with Crippen LogP contribution in [0.25, 0.3) is 0 Å². The summed E-state index contributed by atoms with van der Waals surface area (Å²) in [5.41, 5.74) is 1.76. The van der Waals surface area contributed by atoms with Crippen LogP contribution in [0.15, 0.2) is 28.9 Å². The number of hydrogen-bond donors (Lipinski definition) is 3. The lowest BCUT2D eigenvalue weighted by Crippen LogP contribution is -2.40. The van der Waals surface area contributed by atoms with Gasteiger partial charge in [-0.15, -0.1) is 0 Å². The van der Waals surface area contributed by atoms with Gasteiger partial charge in [-0.05, 0) is 38.3 Å². The first-order valence-corrected chi connectivity index (χ1v) is 9.11. The molecule has 0 aromatic carbocycles. The highest BCUT2D eigenvalue weighted by Gasteiger charge is 2.38. The van der Waals surface area contributed by atoms with E-state index in [1.807, 2.05) is 25.1 Å². The number of aliphatic hydroxyl groups excluding tert-OH is 1. The number of hydrogen-bond acceptors (Lipinski definition) is 6. The van der Waals surface area contributed by atoms with E-state index in [9.17, 15) is 14.7 Å². The van der Waals surface area contributed by atoms with Crippen LogP contribution in [0.2, 0.25) is 0 Å². The maximum Gasteiger partial charge on any atom is 0.257 e. The molecule has 0 bridgehead atoms. The van der Waals surface area contributed by atoms with Crippen molar-refractivity contribution in [3.8, 4) is 0 Å². The summed E-state index contributed by atoms with van der Waals surface area (Å²) in [6.07, 6.45) is 2.16. The fourth-order valence-corrected chi connectivity index (χ4v) is 3.40. The van der Waals surface area contributed by atoms with Gasteiger partial charge in [0.15, 0.2) is 0 Å². The molecule has 3 rings (SSSR count). The number of carbonyl (C=O) groups is 2. The molecule has 144 valence electrons. The molecule has 8 heteroatoms. The number of pyridine rings is 1. The van der Waals surface area contributed by atoms with Gasteiger partial charge in [0.2, 0.25) is 5.91 Å². The lowest BCUT2D eigenvalue weighted by Gasteiger charge is -2.16. The van der Waals surface area contributed by atoms with Gasteiger partial charge in [-0.2, -0.15) is 0 Å². The number of aliphatic hydroxyl groups is 1. The Kier molecular flexibility index (Phi) is 5.85. The van der Waals surface area contributed by atoms with Crippen LogP contribution >= 0.6 is 0 Å². The molecule has 0 unspecified atom stereocenters. The van der Waals surface area contributed by atoms with Crippen molar-refractivity contribution < 1.29 is 19.2 Å². The van der Waals surface area contributed by atoms with E-state index in [1.165, 1.54) is 0 Å². The van der Waals surface area contributed by atoms with Crippen LogP contribution in [0.4, 0.5) is 0 Å². The van der Waals surface area contributed by atoms with Crippen molar-refractivity contribution in [1.29, 1.82) is 0 Å². The number of rotatable bonds is 6. The zero-order valence-electron chi connectivity index (χ0n) is 15.4. The van der Waals surface area contributed by atoms with E-state index in [0.29, 0.717) is 42.8 Å². The van der Waals surface area contributed by atoms with Gasteiger partial charge in [-0.3, -0.25) is 14.6 Å². The third-order valence-corrected chi connectivity index (χ3v) is 4.88. The van der Waals surface area contributed by atoms with Crippen LogP contribution in [-0.2, 0) is 17.8 Å². The smallest absolute Gasteiger partial charge is 0.257 e. The number of carbonyl (C=O) groups excluding carboxylic acids is 2. The minimum Gasteiger partial charge on any atom is -0.391 e. The van der Waals surface area contributed by atoms with E-state index in [1.54, 1.807) is 13.1 Å². The molecule has 3 N–H and O–H groups in total. The summed E-state index contributed by atoms with van der Waals surface area (Å²) < 4.78 is 5.09. The minimum atomic E-state index is -0.773. The molecule has 8 nitrogen and oxygen atoms in total. The molecule has 1 saturated carbocycles. The van der Waals surface area contributed by atoms with E-state index >= 15 is 0 Å². The van der Waals surface area contributed by atoms with Crippen molar-refractivity contribution in [2.45, 2.75) is 51.8 Å². The molecule has 2 heterocycles. The quantitative estimate of drug-likeness (QED) is 0.700. The Morgan fingerprint density at radius 2 is 2.15 bits per heavy atom. The van der Waals surface area contributed by atoms with Crippen LogP contribution in [-0.4, -0.2) is 39.2 Å². The van der Waals surface area contributed by atoms with Gasteiger partial charge in [0.1, 0.15) is 11.3 Å². The monoisotopic (exact) mass is 372 g/mol. The average Bonchev–Trinajstić information content (AvgIpc) is 3.23. The predicted molar refractivity (Wildman–Crippen MR) is 96.7 cm³/mol. The van der Waals surface area contributed by atoms with Gasteiger partial charge in [-0.25, -0.2) is 0 Å². The number of aromatic nitrogens is 2. The van der Waals surface area contributed by atoms with Crippen molar-refractivity contribution in [3.05, 3.63) is 47.1 Å². The number of aryl methyl sites for hydroxylation is 2. The van der Waals surface area contributed by atoms with Crippen molar-refractivity contribution >= 4 is 11.8 Å². The van der Waals surface area contributed by atoms with Gasteiger partial charge >= 0.3 is 0 Å². The van der Waals surface area contributed by atoms with Crippen LogP contribution in [0.5, 0.6) is 0 Å². The highest BCUT2D eigenvalue weighted by Crippen LogP contribution is 2.27. The lowest BCUT2D eigenvalue weighted by molar-refractivity contribution is -0.125. The highest BCUT2D eigenvalue weighted by atomic mass is 16.5. The molecule has 1 aliphatic carbocycles. The summed E-state index contributed by atoms with van der Waals surface area (Å²) in [6.45, 7) is 3.91. The van der Waals surface area contributed by atoms with Gasteiger partial charge < -0.3 is 20.3 Å². The fourth-order valence-electron chi connectivity index (χ4n) is 3.40. The lowest BCUT2D eigenvalue weighted by atomic mass is 10.1. The van der Waals surface area contributed by atoms with Crippen molar-refractivity contribution in [2.75, 3.05) is 0 Å². The Morgan fingerprint density at radius 1 is 1.33 bits per heavy atom. The summed E-state index contributed by atoms with van der Waals surface area (Å²) in [5, 5.41) is 19.8. The number of amides is 2. The summed E-state index contributed by atoms with van der Waals surface area (Å²) in [6, 6.07) is 5.02. The molecule has 1 aliphatic rings. The predicted octanol–water partition coefficient (Wildman–Crippen LogP) is 1.13. The third kappa shape index (κ3) is 4.33. The first-order valence-electron chi connectivity index (χ1n) is 9.11. The van der Waals surface area contributed by atoms with Crippen molar-refractivity contribution in [1.82, 2.24) is 20.8 Å². The molecule has 0 saturated heterocycles. The first kappa shape index (κ1) is 19.0. The van der Waals surface area contributed by atoms with E-state index < -0.39 is 12.1 Å². The molecule has 3 atom stereocenters. The highest BCUT2D eigenvalue weighted by molar-refractivity contribution is 5.96. The second kappa shape index (κ2) is 8.30. The number of nitrogens with one attached hydrogen (secondary N) is 2. The van der Waals surface area contributed by atoms with Gasteiger partial charge in [0.05, 0.1) is 30.1 Å². The Labute approximate surface area is 157 Å². The normalized spacial score (nSPS) is 21.8. The molecule has 2 aromatic rings. The molecule has 27 heavy (non-hydrogen) atoms. The number of nitrogens with zero attached hydrogens (tertiary/aromatic N) is 2. The molecule has 0 radical (unpaired) electrons. The first-order chi connectivity index (χ1) is 13.0. The Bertz CT molecular complexity index is 805. The van der Waals surface area contributed by atoms with E-state index in [4.69, 9.17) is 4.52 Å². The van der Waals surface area contributed by atoms with Gasteiger partial charge in [0.25, 0.3) is 5.91 Å². The van der Waals surface area contributed by atoms with E-state index in [2.05, 4.69) is 20.8 Å². The summed E-state index contributed by atoms with van der Waals surface area (Å²) in [4.78, 5) is 29.1. The average molecular weight is 372 g/mol. The Balaban J connectivity index is 1.56. The topological polar surface area (TPSA) is 117 Å². The van der Waals surface area contributed by atoms with Crippen molar-refractivity contribution in [2.24, 2.45) is 5.92 Å². The van der Waals surface area contributed by atoms with E-state index in [-0.39, 0.29) is 17.7 Å². The molecule has 0 spiro atoms. The van der Waals surface area contributed by atoms with Crippen LogP contribution in [0.3, 0.4) is 0 Å². The second-order valence-corrected chi connectivity index (χ2v) is 6.77. The summed E-state index contributed by atoms with van der Waals surface area (Å²) in [7, 11) is 0. The van der Waals surface area contributed by atoms with Crippen LogP contribution in [0, 0.1) is 12.8 Å². The summed E-state index contributed by atoms with van der Waals surface area (Å²) in [5.74, 6) is -0.388. The Morgan fingerprint density at radius 3 is 2.85 bits per heavy atom. The zero-order valence-corrected chi connectivity index (χ0v) is 15.4. The SMILES string of the molecule is CCc1noc(C)c1C(=O)N[C@@H]1C[C@H](C(=O)NCc2ccccn2)C[C@H]1O. The van der Waals surface area contributed by atoms with Crippen LogP contribution < -0.4 is 10.6 Å². The maximum atomic E-state index is 12.6. The Hall–Kier alpha value is -2.74.